The Morgan fingerprint density at radius 2 is 2.33 bits per heavy atom. The van der Waals surface area contributed by atoms with Gasteiger partial charge in [0, 0.05) is 13.7 Å². The molecule has 0 aromatic heterocycles. The number of hydrogen-bond acceptors (Lipinski definition) is 2. The lowest BCUT2D eigenvalue weighted by Gasteiger charge is -2.29. The third-order valence-electron chi connectivity index (χ3n) is 2.89. The standard InChI is InChI=1S/C10H21NO/c1-9-8-11-6-5-10(9)4-3-7-12-2/h9-11H,3-8H2,1-2H3. The zero-order valence-electron chi connectivity index (χ0n) is 8.31. The van der Waals surface area contributed by atoms with E-state index in [-0.39, 0.29) is 0 Å². The van der Waals surface area contributed by atoms with E-state index in [4.69, 9.17) is 4.74 Å². The molecule has 0 radical (unpaired) electrons. The van der Waals surface area contributed by atoms with Gasteiger partial charge in [0.15, 0.2) is 0 Å². The molecule has 12 heavy (non-hydrogen) atoms. The first-order valence-corrected chi connectivity index (χ1v) is 5.04. The SMILES string of the molecule is COCCCC1CCNCC1C. The van der Waals surface area contributed by atoms with Gasteiger partial charge in [0.1, 0.15) is 0 Å². The molecule has 0 aromatic carbocycles. The fraction of sp³-hybridized carbons (Fsp3) is 1.00. The Hall–Kier alpha value is -0.0800. The molecule has 2 heteroatoms. The number of methoxy groups -OCH3 is 1. The van der Waals surface area contributed by atoms with Gasteiger partial charge in [-0.25, -0.2) is 0 Å². The van der Waals surface area contributed by atoms with Crippen LogP contribution in [0, 0.1) is 11.8 Å². The molecule has 1 fully saturated rings. The van der Waals surface area contributed by atoms with E-state index in [1.54, 1.807) is 7.11 Å². The number of nitrogens with one attached hydrogen (secondary N) is 1. The summed E-state index contributed by atoms with van der Waals surface area (Å²) in [6.45, 7) is 5.69. The van der Waals surface area contributed by atoms with Gasteiger partial charge in [0.25, 0.3) is 0 Å². The highest BCUT2D eigenvalue weighted by molar-refractivity contribution is 4.74. The van der Waals surface area contributed by atoms with Gasteiger partial charge in [-0.15, -0.1) is 0 Å². The quantitative estimate of drug-likeness (QED) is 0.649. The largest absolute Gasteiger partial charge is 0.385 e. The van der Waals surface area contributed by atoms with Gasteiger partial charge in [0.2, 0.25) is 0 Å². The average Bonchev–Trinajstić information content (AvgIpc) is 2.09. The van der Waals surface area contributed by atoms with Crippen molar-refractivity contribution in [1.82, 2.24) is 5.32 Å². The number of rotatable bonds is 4. The molecule has 0 bridgehead atoms. The molecule has 0 aromatic rings. The van der Waals surface area contributed by atoms with E-state index in [9.17, 15) is 0 Å². The van der Waals surface area contributed by atoms with Gasteiger partial charge in [-0.3, -0.25) is 0 Å². The topological polar surface area (TPSA) is 21.3 Å². The summed E-state index contributed by atoms with van der Waals surface area (Å²) in [6, 6.07) is 0. The summed E-state index contributed by atoms with van der Waals surface area (Å²) in [7, 11) is 1.78. The maximum absolute atomic E-state index is 5.05. The minimum atomic E-state index is 0.857. The van der Waals surface area contributed by atoms with E-state index in [1.165, 1.54) is 32.4 Å². The predicted molar refractivity (Wildman–Crippen MR) is 51.3 cm³/mol. The molecule has 1 N–H and O–H groups in total. The van der Waals surface area contributed by atoms with Crippen LogP contribution in [0.2, 0.25) is 0 Å². The Kier molecular flexibility index (Phi) is 4.62. The summed E-state index contributed by atoms with van der Waals surface area (Å²) >= 11 is 0. The van der Waals surface area contributed by atoms with Crippen molar-refractivity contribution in [3.8, 4) is 0 Å². The first kappa shape index (κ1) is 10.0. The second-order valence-electron chi connectivity index (χ2n) is 3.87. The molecule has 72 valence electrons. The minimum Gasteiger partial charge on any atom is -0.385 e. The van der Waals surface area contributed by atoms with Crippen LogP contribution in [-0.2, 0) is 4.74 Å². The summed E-state index contributed by atoms with van der Waals surface area (Å²) in [5.41, 5.74) is 0. The van der Waals surface area contributed by atoms with Gasteiger partial charge < -0.3 is 10.1 Å². The van der Waals surface area contributed by atoms with Crippen molar-refractivity contribution in [2.45, 2.75) is 26.2 Å². The Labute approximate surface area is 75.7 Å². The monoisotopic (exact) mass is 171 g/mol. The van der Waals surface area contributed by atoms with Crippen molar-refractivity contribution in [2.75, 3.05) is 26.8 Å². The summed E-state index contributed by atoms with van der Waals surface area (Å²) < 4.78 is 5.05. The minimum absolute atomic E-state index is 0.857. The Morgan fingerprint density at radius 1 is 1.50 bits per heavy atom. The molecule has 0 saturated carbocycles. The van der Waals surface area contributed by atoms with Crippen LogP contribution in [-0.4, -0.2) is 26.8 Å². The van der Waals surface area contributed by atoms with E-state index in [1.807, 2.05) is 0 Å². The van der Waals surface area contributed by atoms with Crippen molar-refractivity contribution >= 4 is 0 Å². The Morgan fingerprint density at radius 3 is 3.00 bits per heavy atom. The summed E-state index contributed by atoms with van der Waals surface area (Å²) in [5, 5.41) is 3.42. The Balaban J connectivity index is 2.11. The molecule has 1 saturated heterocycles. The third-order valence-corrected chi connectivity index (χ3v) is 2.89. The van der Waals surface area contributed by atoms with Crippen LogP contribution in [0.4, 0.5) is 0 Å². The highest BCUT2D eigenvalue weighted by atomic mass is 16.5. The number of ether oxygens (including phenoxy) is 1. The van der Waals surface area contributed by atoms with Crippen molar-refractivity contribution in [3.63, 3.8) is 0 Å². The molecule has 2 atom stereocenters. The van der Waals surface area contributed by atoms with E-state index in [2.05, 4.69) is 12.2 Å². The van der Waals surface area contributed by atoms with Crippen LogP contribution in [0.1, 0.15) is 26.2 Å². The average molecular weight is 171 g/mol. The highest BCUT2D eigenvalue weighted by Gasteiger charge is 2.19. The molecule has 1 heterocycles. The lowest BCUT2D eigenvalue weighted by Crippen LogP contribution is -2.35. The predicted octanol–water partition coefficient (Wildman–Crippen LogP) is 1.66. The Bertz CT molecular complexity index is 116. The van der Waals surface area contributed by atoms with Gasteiger partial charge in [-0.05, 0) is 44.2 Å². The van der Waals surface area contributed by atoms with Crippen LogP contribution in [0.3, 0.4) is 0 Å². The van der Waals surface area contributed by atoms with Crippen molar-refractivity contribution in [3.05, 3.63) is 0 Å². The van der Waals surface area contributed by atoms with E-state index in [0.717, 1.165) is 18.4 Å². The highest BCUT2D eigenvalue weighted by Crippen LogP contribution is 2.23. The van der Waals surface area contributed by atoms with E-state index >= 15 is 0 Å². The lowest BCUT2D eigenvalue weighted by molar-refractivity contribution is 0.172. The second-order valence-corrected chi connectivity index (χ2v) is 3.87. The van der Waals surface area contributed by atoms with Crippen LogP contribution in [0.5, 0.6) is 0 Å². The third kappa shape index (κ3) is 3.11. The first-order chi connectivity index (χ1) is 5.84. The fourth-order valence-corrected chi connectivity index (χ4v) is 1.99. The molecule has 1 aliphatic rings. The van der Waals surface area contributed by atoms with Gasteiger partial charge in [-0.1, -0.05) is 6.92 Å². The number of piperidine rings is 1. The normalized spacial score (nSPS) is 30.5. The van der Waals surface area contributed by atoms with Crippen molar-refractivity contribution in [2.24, 2.45) is 11.8 Å². The fourth-order valence-electron chi connectivity index (χ4n) is 1.99. The molecular weight excluding hydrogens is 150 g/mol. The molecule has 2 nitrogen and oxygen atoms in total. The summed E-state index contributed by atoms with van der Waals surface area (Å²) in [5.74, 6) is 1.79. The van der Waals surface area contributed by atoms with Crippen LogP contribution in [0.25, 0.3) is 0 Å². The first-order valence-electron chi connectivity index (χ1n) is 5.04. The van der Waals surface area contributed by atoms with Crippen LogP contribution >= 0.6 is 0 Å². The van der Waals surface area contributed by atoms with Crippen LogP contribution in [0.15, 0.2) is 0 Å². The zero-order chi connectivity index (χ0) is 8.81. The van der Waals surface area contributed by atoms with Crippen molar-refractivity contribution < 1.29 is 4.74 Å². The zero-order valence-corrected chi connectivity index (χ0v) is 8.31. The molecule has 1 rings (SSSR count). The van der Waals surface area contributed by atoms with Gasteiger partial charge >= 0.3 is 0 Å². The molecule has 0 spiro atoms. The van der Waals surface area contributed by atoms with Crippen molar-refractivity contribution in [1.29, 1.82) is 0 Å². The van der Waals surface area contributed by atoms with Crippen LogP contribution < -0.4 is 5.32 Å². The molecule has 0 amide bonds. The van der Waals surface area contributed by atoms with Gasteiger partial charge in [0.05, 0.1) is 0 Å². The lowest BCUT2D eigenvalue weighted by atomic mass is 9.84. The number of hydrogen-bond donors (Lipinski definition) is 1. The molecule has 0 aliphatic carbocycles. The van der Waals surface area contributed by atoms with Gasteiger partial charge in [-0.2, -0.15) is 0 Å². The smallest absolute Gasteiger partial charge is 0.0462 e. The summed E-state index contributed by atoms with van der Waals surface area (Å²) in [4.78, 5) is 0. The second kappa shape index (κ2) is 5.55. The molecule has 1 aliphatic heterocycles. The van der Waals surface area contributed by atoms with E-state index < -0.39 is 0 Å². The maximum Gasteiger partial charge on any atom is 0.0462 e. The molecule has 2 unspecified atom stereocenters. The van der Waals surface area contributed by atoms with E-state index in [0.29, 0.717) is 0 Å². The summed E-state index contributed by atoms with van der Waals surface area (Å²) in [6.07, 6.45) is 3.92. The maximum atomic E-state index is 5.05. The molecular formula is C10H21NO.